The lowest BCUT2D eigenvalue weighted by Gasteiger charge is -2.13. The molecule has 2 aromatic heterocycles. The van der Waals surface area contributed by atoms with Crippen LogP contribution in [0.25, 0.3) is 11.6 Å². The van der Waals surface area contributed by atoms with Crippen LogP contribution in [0.3, 0.4) is 0 Å². The first-order chi connectivity index (χ1) is 15.5. The lowest BCUT2D eigenvalue weighted by Crippen LogP contribution is -2.39. The Hall–Kier alpha value is -3.64. The molecule has 0 unspecified atom stereocenters. The molecule has 3 heterocycles. The summed E-state index contributed by atoms with van der Waals surface area (Å²) in [4.78, 5) is 22.4. The van der Waals surface area contributed by atoms with Crippen LogP contribution in [0.15, 0.2) is 47.1 Å². The number of carbonyl (C=O) groups excluding carboxylic acids is 1. The predicted octanol–water partition coefficient (Wildman–Crippen LogP) is 2.81. The number of halogens is 1. The predicted molar refractivity (Wildman–Crippen MR) is 116 cm³/mol. The second-order valence-corrected chi connectivity index (χ2v) is 8.03. The van der Waals surface area contributed by atoms with E-state index < -0.39 is 0 Å². The molecule has 3 aromatic rings. The fourth-order valence-electron chi connectivity index (χ4n) is 3.54. The molecule has 1 amide bonds. The maximum Gasteiger partial charge on any atom is 0.276 e. The number of aromatic nitrogens is 3. The van der Waals surface area contributed by atoms with Gasteiger partial charge in [0.2, 0.25) is 0 Å². The van der Waals surface area contributed by atoms with Gasteiger partial charge in [-0.2, -0.15) is 10.2 Å². The van der Waals surface area contributed by atoms with Crippen LogP contribution in [0.5, 0.6) is 5.75 Å². The van der Waals surface area contributed by atoms with Crippen molar-refractivity contribution in [3.05, 3.63) is 59.0 Å². The fraction of sp³-hybridized carbons (Fsp3) is 0.318. The van der Waals surface area contributed by atoms with Crippen molar-refractivity contribution in [3.8, 4) is 23.5 Å². The molecular formula is C22H21ClN6O3. The Kier molecular flexibility index (Phi) is 6.52. The van der Waals surface area contributed by atoms with Crippen LogP contribution in [0, 0.1) is 11.5 Å². The highest BCUT2D eigenvalue weighted by Crippen LogP contribution is 2.20. The lowest BCUT2D eigenvalue weighted by atomic mass is 10.1. The Morgan fingerprint density at radius 3 is 3.00 bits per heavy atom. The summed E-state index contributed by atoms with van der Waals surface area (Å²) in [5.41, 5.74) is 1.48. The quantitative estimate of drug-likeness (QED) is 0.544. The molecular weight excluding hydrogens is 432 g/mol. The molecule has 9 nitrogen and oxygen atoms in total. The van der Waals surface area contributed by atoms with E-state index in [1.54, 1.807) is 23.1 Å². The van der Waals surface area contributed by atoms with E-state index in [-0.39, 0.29) is 24.6 Å². The third-order valence-corrected chi connectivity index (χ3v) is 5.35. The molecule has 32 heavy (non-hydrogen) atoms. The summed E-state index contributed by atoms with van der Waals surface area (Å²) in [5.74, 6) is 1.02. The maximum atomic E-state index is 12.1. The largest absolute Gasteiger partial charge is 0.482 e. The molecule has 2 atom stereocenters. The molecule has 1 aliphatic heterocycles. The summed E-state index contributed by atoms with van der Waals surface area (Å²) in [7, 11) is 0. The van der Waals surface area contributed by atoms with Gasteiger partial charge in [0.15, 0.2) is 18.6 Å². The zero-order valence-corrected chi connectivity index (χ0v) is 18.1. The highest BCUT2D eigenvalue weighted by Gasteiger charge is 2.29. The van der Waals surface area contributed by atoms with Gasteiger partial charge in [-0.05, 0) is 43.2 Å². The first-order valence-corrected chi connectivity index (χ1v) is 10.5. The standard InChI is InChI=1S/C22H21ClN6O3/c1-14-7-17(11-29(14)13-24)26-21(30)12-31-18-5-6-19(25-10-18)22-27-20(28-32-22)9-15-3-2-4-16(23)8-15/h2-6,8,10,14,17H,7,9,11-12H2,1H3,(H,26,30)/t14-,17-/m1/s1. The minimum Gasteiger partial charge on any atom is -0.482 e. The third-order valence-electron chi connectivity index (χ3n) is 5.11. The van der Waals surface area contributed by atoms with Gasteiger partial charge in [0.05, 0.1) is 6.20 Å². The number of pyridine rings is 1. The van der Waals surface area contributed by atoms with Crippen molar-refractivity contribution in [2.24, 2.45) is 0 Å². The van der Waals surface area contributed by atoms with Gasteiger partial charge in [-0.25, -0.2) is 4.98 Å². The molecule has 10 heteroatoms. The van der Waals surface area contributed by atoms with E-state index in [0.29, 0.717) is 41.1 Å². The molecule has 1 fully saturated rings. The molecule has 1 aliphatic rings. The Balaban J connectivity index is 1.28. The van der Waals surface area contributed by atoms with Crippen molar-refractivity contribution < 1.29 is 14.1 Å². The van der Waals surface area contributed by atoms with Gasteiger partial charge < -0.3 is 19.5 Å². The summed E-state index contributed by atoms with van der Waals surface area (Å²) in [6.07, 6.45) is 4.86. The van der Waals surface area contributed by atoms with Crippen molar-refractivity contribution in [1.29, 1.82) is 5.26 Å². The average molecular weight is 453 g/mol. The van der Waals surface area contributed by atoms with Crippen LogP contribution >= 0.6 is 11.6 Å². The Labute approximate surface area is 190 Å². The first kappa shape index (κ1) is 21.6. The minimum absolute atomic E-state index is 0.0557. The number of rotatable bonds is 7. The number of amides is 1. The second kappa shape index (κ2) is 9.66. The van der Waals surface area contributed by atoms with E-state index in [1.165, 1.54) is 6.20 Å². The van der Waals surface area contributed by atoms with E-state index >= 15 is 0 Å². The molecule has 1 saturated heterocycles. The number of hydrogen-bond donors (Lipinski definition) is 1. The van der Waals surface area contributed by atoms with Crippen molar-refractivity contribution in [3.63, 3.8) is 0 Å². The SMILES string of the molecule is C[C@@H]1C[C@@H](NC(=O)COc2ccc(-c3nc(Cc4cccc(Cl)c4)no3)nc2)CN1C#N. The molecule has 0 spiro atoms. The molecule has 0 bridgehead atoms. The summed E-state index contributed by atoms with van der Waals surface area (Å²) < 4.78 is 10.8. The second-order valence-electron chi connectivity index (χ2n) is 7.59. The van der Waals surface area contributed by atoms with Gasteiger partial charge in [0, 0.05) is 30.1 Å². The van der Waals surface area contributed by atoms with E-state index in [4.69, 9.17) is 26.1 Å². The highest BCUT2D eigenvalue weighted by molar-refractivity contribution is 6.30. The number of nitriles is 1. The number of nitrogens with zero attached hydrogens (tertiary/aromatic N) is 5. The van der Waals surface area contributed by atoms with Gasteiger partial charge in [-0.3, -0.25) is 4.79 Å². The minimum atomic E-state index is -0.242. The van der Waals surface area contributed by atoms with E-state index in [0.717, 1.165) is 12.0 Å². The Morgan fingerprint density at radius 2 is 2.28 bits per heavy atom. The summed E-state index contributed by atoms with van der Waals surface area (Å²) >= 11 is 6.01. The molecule has 0 saturated carbocycles. The third kappa shape index (κ3) is 5.34. The number of likely N-dealkylation sites (tertiary alicyclic amines) is 1. The van der Waals surface area contributed by atoms with Crippen LogP contribution in [-0.2, 0) is 11.2 Å². The molecule has 1 aromatic carbocycles. The van der Waals surface area contributed by atoms with Gasteiger partial charge in [0.25, 0.3) is 11.8 Å². The number of carbonyl (C=O) groups is 1. The van der Waals surface area contributed by atoms with Gasteiger partial charge in [0.1, 0.15) is 11.4 Å². The monoisotopic (exact) mass is 452 g/mol. The lowest BCUT2D eigenvalue weighted by molar-refractivity contribution is -0.123. The molecule has 0 aliphatic carbocycles. The molecule has 4 rings (SSSR count). The zero-order valence-electron chi connectivity index (χ0n) is 17.4. The number of hydrogen-bond acceptors (Lipinski definition) is 8. The van der Waals surface area contributed by atoms with Crippen LogP contribution < -0.4 is 10.1 Å². The van der Waals surface area contributed by atoms with Crippen LogP contribution in [-0.4, -0.2) is 51.2 Å². The highest BCUT2D eigenvalue weighted by atomic mass is 35.5. The van der Waals surface area contributed by atoms with E-state index in [2.05, 4.69) is 26.6 Å². The van der Waals surface area contributed by atoms with E-state index in [9.17, 15) is 4.79 Å². The number of benzene rings is 1. The van der Waals surface area contributed by atoms with Crippen LogP contribution in [0.2, 0.25) is 5.02 Å². The smallest absolute Gasteiger partial charge is 0.276 e. The number of ether oxygens (including phenoxy) is 1. The van der Waals surface area contributed by atoms with Crippen molar-refractivity contribution in [2.75, 3.05) is 13.2 Å². The maximum absolute atomic E-state index is 12.1. The Bertz CT molecular complexity index is 1130. The van der Waals surface area contributed by atoms with Crippen molar-refractivity contribution >= 4 is 17.5 Å². The fourth-order valence-corrected chi connectivity index (χ4v) is 3.76. The summed E-state index contributed by atoms with van der Waals surface area (Å²) in [6.45, 7) is 2.34. The Morgan fingerprint density at radius 1 is 1.41 bits per heavy atom. The van der Waals surface area contributed by atoms with Crippen molar-refractivity contribution in [2.45, 2.75) is 31.8 Å². The van der Waals surface area contributed by atoms with Crippen molar-refractivity contribution in [1.82, 2.24) is 25.3 Å². The van der Waals surface area contributed by atoms with Gasteiger partial charge in [-0.15, -0.1) is 0 Å². The normalized spacial score (nSPS) is 17.7. The summed E-state index contributed by atoms with van der Waals surface area (Å²) in [6, 6.07) is 10.9. The first-order valence-electron chi connectivity index (χ1n) is 10.1. The van der Waals surface area contributed by atoms with Crippen LogP contribution in [0.1, 0.15) is 24.7 Å². The average Bonchev–Trinajstić information content (AvgIpc) is 3.38. The zero-order chi connectivity index (χ0) is 22.5. The number of nitrogens with one attached hydrogen (secondary N) is 1. The molecule has 0 radical (unpaired) electrons. The van der Waals surface area contributed by atoms with Gasteiger partial charge in [-0.1, -0.05) is 28.9 Å². The van der Waals surface area contributed by atoms with Crippen LogP contribution in [0.4, 0.5) is 0 Å². The molecule has 164 valence electrons. The van der Waals surface area contributed by atoms with Gasteiger partial charge >= 0.3 is 0 Å². The topological polar surface area (TPSA) is 117 Å². The molecule has 1 N–H and O–H groups in total. The summed E-state index contributed by atoms with van der Waals surface area (Å²) in [5, 5.41) is 16.6. The van der Waals surface area contributed by atoms with E-state index in [1.807, 2.05) is 25.1 Å².